The Morgan fingerprint density at radius 3 is 2.54 bits per heavy atom. The smallest absolute Gasteiger partial charge is 0.127 e. The average Bonchev–Trinajstić information content (AvgIpc) is 2.13. The third kappa shape index (κ3) is 2.02. The third-order valence-corrected chi connectivity index (χ3v) is 2.88. The minimum absolute atomic E-state index is 0.00264. The number of nitrogens with one attached hydrogen (secondary N) is 1. The fourth-order valence-electron chi connectivity index (χ4n) is 1.88. The lowest BCUT2D eigenvalue weighted by Crippen LogP contribution is -2.60. The molecule has 0 aliphatic carbocycles. The van der Waals surface area contributed by atoms with Gasteiger partial charge in [0.2, 0.25) is 0 Å². The highest BCUT2D eigenvalue weighted by Gasteiger charge is 2.40. The van der Waals surface area contributed by atoms with Crippen LogP contribution >= 0.6 is 0 Å². The van der Waals surface area contributed by atoms with Crippen LogP contribution in [0.15, 0.2) is 0 Å². The molecule has 0 aromatic heterocycles. The highest BCUT2D eigenvalue weighted by atomic mass is 16.6. The Bertz CT molecular complexity index is 159. The third-order valence-electron chi connectivity index (χ3n) is 2.88. The van der Waals surface area contributed by atoms with Crippen molar-refractivity contribution in [2.75, 3.05) is 53.0 Å². The van der Waals surface area contributed by atoms with Crippen LogP contribution in [0.2, 0.25) is 0 Å². The predicted octanol–water partition coefficient (Wildman–Crippen LogP) is -0.693. The molecule has 0 aromatic rings. The number of ether oxygens (including phenoxy) is 2. The number of hydrogen-bond donors (Lipinski definition) is 1. The molecule has 0 atom stereocenters. The van der Waals surface area contributed by atoms with E-state index in [9.17, 15) is 0 Å². The van der Waals surface area contributed by atoms with Crippen molar-refractivity contribution in [1.29, 1.82) is 0 Å². The maximum absolute atomic E-state index is 5.49. The van der Waals surface area contributed by atoms with Crippen molar-refractivity contribution in [3.8, 4) is 0 Å². The van der Waals surface area contributed by atoms with E-state index in [1.807, 2.05) is 0 Å². The Kier molecular flexibility index (Phi) is 2.83. The van der Waals surface area contributed by atoms with E-state index in [2.05, 4.69) is 10.2 Å². The lowest BCUT2D eigenvalue weighted by Gasteiger charge is -2.44. The summed E-state index contributed by atoms with van der Waals surface area (Å²) in [6, 6.07) is 0. The van der Waals surface area contributed by atoms with Crippen LogP contribution in [0.25, 0.3) is 0 Å². The average molecular weight is 186 g/mol. The Hall–Kier alpha value is -0.160. The molecule has 2 saturated heterocycles. The normalized spacial score (nSPS) is 28.4. The number of piperazine rings is 1. The summed E-state index contributed by atoms with van der Waals surface area (Å²) < 4.78 is 10.7. The summed E-state index contributed by atoms with van der Waals surface area (Å²) in [4.78, 5) is 2.45. The van der Waals surface area contributed by atoms with Gasteiger partial charge in [0.25, 0.3) is 0 Å². The molecule has 2 rings (SSSR count). The molecule has 0 spiro atoms. The van der Waals surface area contributed by atoms with Crippen molar-refractivity contribution < 1.29 is 9.47 Å². The molecule has 0 bridgehead atoms. The quantitative estimate of drug-likeness (QED) is 0.632. The molecule has 76 valence electrons. The van der Waals surface area contributed by atoms with Gasteiger partial charge in [0.05, 0.1) is 13.2 Å². The van der Waals surface area contributed by atoms with Gasteiger partial charge in [-0.1, -0.05) is 0 Å². The van der Waals surface area contributed by atoms with Crippen LogP contribution < -0.4 is 5.32 Å². The molecular formula is C9H18N2O2. The van der Waals surface area contributed by atoms with E-state index in [4.69, 9.17) is 9.47 Å². The first-order valence-corrected chi connectivity index (χ1v) is 4.91. The maximum Gasteiger partial charge on any atom is 0.127 e. The van der Waals surface area contributed by atoms with Gasteiger partial charge in [-0.15, -0.1) is 0 Å². The van der Waals surface area contributed by atoms with Crippen LogP contribution in [0.5, 0.6) is 0 Å². The van der Waals surface area contributed by atoms with Gasteiger partial charge in [0.15, 0.2) is 0 Å². The number of methoxy groups -OCH3 is 1. The molecular weight excluding hydrogens is 168 g/mol. The molecule has 2 aliphatic heterocycles. The maximum atomic E-state index is 5.49. The summed E-state index contributed by atoms with van der Waals surface area (Å²) in [5.41, 5.74) is -0.00264. The zero-order valence-corrected chi connectivity index (χ0v) is 8.21. The van der Waals surface area contributed by atoms with Crippen LogP contribution in [-0.4, -0.2) is 63.5 Å². The summed E-state index contributed by atoms with van der Waals surface area (Å²) in [5.74, 6) is 0. The van der Waals surface area contributed by atoms with Crippen molar-refractivity contribution in [2.45, 2.75) is 5.60 Å². The van der Waals surface area contributed by atoms with E-state index >= 15 is 0 Å². The second kappa shape index (κ2) is 3.92. The Balaban J connectivity index is 1.81. The van der Waals surface area contributed by atoms with Gasteiger partial charge in [0.1, 0.15) is 5.60 Å². The van der Waals surface area contributed by atoms with Crippen molar-refractivity contribution >= 4 is 0 Å². The zero-order chi connectivity index (χ0) is 9.15. The SMILES string of the molecule is COC1(CN2CCNCC2)COC1. The molecule has 4 nitrogen and oxygen atoms in total. The van der Waals surface area contributed by atoms with Gasteiger partial charge in [0, 0.05) is 39.8 Å². The first-order chi connectivity index (χ1) is 6.35. The van der Waals surface area contributed by atoms with Crippen molar-refractivity contribution in [3.63, 3.8) is 0 Å². The van der Waals surface area contributed by atoms with Gasteiger partial charge in [-0.3, -0.25) is 4.90 Å². The van der Waals surface area contributed by atoms with Crippen molar-refractivity contribution in [1.82, 2.24) is 10.2 Å². The van der Waals surface area contributed by atoms with Gasteiger partial charge in [-0.2, -0.15) is 0 Å². The van der Waals surface area contributed by atoms with E-state index in [0.29, 0.717) is 0 Å². The van der Waals surface area contributed by atoms with E-state index in [1.54, 1.807) is 7.11 Å². The molecule has 2 heterocycles. The number of hydrogen-bond acceptors (Lipinski definition) is 4. The summed E-state index contributed by atoms with van der Waals surface area (Å²) in [7, 11) is 1.78. The van der Waals surface area contributed by atoms with Crippen molar-refractivity contribution in [3.05, 3.63) is 0 Å². The monoisotopic (exact) mass is 186 g/mol. The standard InChI is InChI=1S/C9H18N2O2/c1-12-9(7-13-8-9)6-11-4-2-10-3-5-11/h10H,2-8H2,1H3. The van der Waals surface area contributed by atoms with Crippen LogP contribution in [-0.2, 0) is 9.47 Å². The molecule has 0 unspecified atom stereocenters. The minimum atomic E-state index is -0.00264. The molecule has 1 N–H and O–H groups in total. The lowest BCUT2D eigenvalue weighted by atomic mass is 10.0. The van der Waals surface area contributed by atoms with Crippen molar-refractivity contribution in [2.24, 2.45) is 0 Å². The first-order valence-electron chi connectivity index (χ1n) is 4.91. The Morgan fingerprint density at radius 2 is 2.08 bits per heavy atom. The molecule has 4 heteroatoms. The highest BCUT2D eigenvalue weighted by Crippen LogP contribution is 2.22. The second-order valence-corrected chi connectivity index (χ2v) is 3.91. The van der Waals surface area contributed by atoms with E-state index < -0.39 is 0 Å². The fraction of sp³-hybridized carbons (Fsp3) is 1.00. The first kappa shape index (κ1) is 9.40. The van der Waals surface area contributed by atoms with Crippen LogP contribution in [0.3, 0.4) is 0 Å². The van der Waals surface area contributed by atoms with Crippen LogP contribution in [0, 0.1) is 0 Å². The summed E-state index contributed by atoms with van der Waals surface area (Å²) in [5, 5.41) is 3.34. The molecule has 13 heavy (non-hydrogen) atoms. The molecule has 0 aromatic carbocycles. The largest absolute Gasteiger partial charge is 0.375 e. The van der Waals surface area contributed by atoms with Gasteiger partial charge in [-0.05, 0) is 0 Å². The van der Waals surface area contributed by atoms with Crippen LogP contribution in [0.4, 0.5) is 0 Å². The molecule has 0 saturated carbocycles. The fourth-order valence-corrected chi connectivity index (χ4v) is 1.88. The van der Waals surface area contributed by atoms with E-state index in [-0.39, 0.29) is 5.60 Å². The summed E-state index contributed by atoms with van der Waals surface area (Å²) in [6.45, 7) is 6.99. The van der Waals surface area contributed by atoms with E-state index in [1.165, 1.54) is 0 Å². The Morgan fingerprint density at radius 1 is 1.38 bits per heavy atom. The topological polar surface area (TPSA) is 33.7 Å². The number of rotatable bonds is 3. The van der Waals surface area contributed by atoms with Crippen LogP contribution in [0.1, 0.15) is 0 Å². The molecule has 0 radical (unpaired) electrons. The predicted molar refractivity (Wildman–Crippen MR) is 49.9 cm³/mol. The summed E-state index contributed by atoms with van der Waals surface area (Å²) >= 11 is 0. The lowest BCUT2D eigenvalue weighted by molar-refractivity contribution is -0.204. The van der Waals surface area contributed by atoms with Gasteiger partial charge >= 0.3 is 0 Å². The van der Waals surface area contributed by atoms with Gasteiger partial charge < -0.3 is 14.8 Å². The Labute approximate surface area is 79.2 Å². The molecule has 2 aliphatic rings. The molecule has 2 fully saturated rings. The highest BCUT2D eigenvalue weighted by molar-refractivity contribution is 4.91. The molecule has 0 amide bonds. The summed E-state index contributed by atoms with van der Waals surface area (Å²) in [6.07, 6.45) is 0. The minimum Gasteiger partial charge on any atom is -0.375 e. The number of nitrogens with zero attached hydrogens (tertiary/aromatic N) is 1. The van der Waals surface area contributed by atoms with Gasteiger partial charge in [-0.25, -0.2) is 0 Å². The van der Waals surface area contributed by atoms with E-state index in [0.717, 1.165) is 45.9 Å². The second-order valence-electron chi connectivity index (χ2n) is 3.91. The zero-order valence-electron chi connectivity index (χ0n) is 8.21.